The fraction of sp³-hybridized carbons (Fsp3) is 0.583. The predicted molar refractivity (Wildman–Crippen MR) is 86.2 cm³/mol. The summed E-state index contributed by atoms with van der Waals surface area (Å²) in [5.74, 6) is 0.346. The summed E-state index contributed by atoms with van der Waals surface area (Å²) in [6.45, 7) is 6.20. The third-order valence-corrected chi connectivity index (χ3v) is 4.75. The first-order valence-electron chi connectivity index (χ1n) is 7.02. The molecule has 0 aliphatic carbocycles. The minimum Gasteiger partial charge on any atom is -0.378 e. The van der Waals surface area contributed by atoms with E-state index in [1.165, 1.54) is 6.20 Å². The fourth-order valence-electron chi connectivity index (χ4n) is 2.41. The average molecular weight is 323 g/mol. The fourth-order valence-corrected chi connectivity index (χ4v) is 3.39. The molecular formula is C12H17N7O2S. The van der Waals surface area contributed by atoms with E-state index in [1.54, 1.807) is 0 Å². The van der Waals surface area contributed by atoms with Crippen LogP contribution in [0.25, 0.3) is 0 Å². The Kier molecular flexibility index (Phi) is 4.01. The third kappa shape index (κ3) is 2.91. The number of nitrogens with two attached hydrogens (primary N) is 1. The van der Waals surface area contributed by atoms with E-state index in [9.17, 15) is 10.1 Å². The third-order valence-electron chi connectivity index (χ3n) is 3.61. The highest BCUT2D eigenvalue weighted by molar-refractivity contribution is 8.14. The monoisotopic (exact) mass is 323 g/mol. The van der Waals surface area contributed by atoms with Crippen LogP contribution in [0.2, 0.25) is 0 Å². The molecule has 0 amide bonds. The molecule has 9 nitrogen and oxygen atoms in total. The number of aliphatic imine (C=N–C) groups is 1. The lowest BCUT2D eigenvalue weighted by molar-refractivity contribution is -0.384. The quantitative estimate of drug-likeness (QED) is 0.621. The Bertz CT molecular complexity index is 615. The van der Waals surface area contributed by atoms with Crippen molar-refractivity contribution in [2.75, 3.05) is 43.4 Å². The summed E-state index contributed by atoms with van der Waals surface area (Å²) >= 11 is 1.81. The van der Waals surface area contributed by atoms with Gasteiger partial charge < -0.3 is 15.5 Å². The smallest absolute Gasteiger partial charge is 0.329 e. The van der Waals surface area contributed by atoms with Crippen molar-refractivity contribution >= 4 is 34.4 Å². The Morgan fingerprint density at radius 2 is 2.05 bits per heavy atom. The van der Waals surface area contributed by atoms with Gasteiger partial charge in [-0.2, -0.15) is 4.98 Å². The van der Waals surface area contributed by atoms with E-state index < -0.39 is 4.92 Å². The molecule has 22 heavy (non-hydrogen) atoms. The van der Waals surface area contributed by atoms with Gasteiger partial charge >= 0.3 is 5.69 Å². The molecule has 3 heterocycles. The number of aromatic nitrogens is 2. The van der Waals surface area contributed by atoms with Gasteiger partial charge in [0.2, 0.25) is 11.8 Å². The van der Waals surface area contributed by atoms with Crippen LogP contribution < -0.4 is 10.6 Å². The summed E-state index contributed by atoms with van der Waals surface area (Å²) in [4.78, 5) is 27.1. The predicted octanol–water partition coefficient (Wildman–Crippen LogP) is 0.580. The lowest BCUT2D eigenvalue weighted by Gasteiger charge is -2.35. The van der Waals surface area contributed by atoms with Crippen molar-refractivity contribution in [3.05, 3.63) is 16.3 Å². The second kappa shape index (κ2) is 5.95. The zero-order valence-corrected chi connectivity index (χ0v) is 13.0. The molecule has 2 N–H and O–H groups in total. The highest BCUT2D eigenvalue weighted by Crippen LogP contribution is 2.25. The SMILES string of the molecule is CC1CN=C(N2CCN(c3ncc([N+](=O)[O-])c(N)n3)CC2)S1. The Labute approximate surface area is 131 Å². The molecule has 1 saturated heterocycles. The summed E-state index contributed by atoms with van der Waals surface area (Å²) < 4.78 is 0. The molecule has 1 unspecified atom stereocenters. The lowest BCUT2D eigenvalue weighted by atomic mass is 10.3. The van der Waals surface area contributed by atoms with E-state index in [-0.39, 0.29) is 11.5 Å². The van der Waals surface area contributed by atoms with E-state index >= 15 is 0 Å². The van der Waals surface area contributed by atoms with Gasteiger partial charge in [-0.1, -0.05) is 18.7 Å². The van der Waals surface area contributed by atoms with Crippen molar-refractivity contribution in [2.45, 2.75) is 12.2 Å². The van der Waals surface area contributed by atoms with Crippen molar-refractivity contribution in [3.8, 4) is 0 Å². The Hall–Kier alpha value is -2.10. The highest BCUT2D eigenvalue weighted by Gasteiger charge is 2.26. The molecule has 2 aliphatic heterocycles. The van der Waals surface area contributed by atoms with Gasteiger partial charge in [-0.25, -0.2) is 4.98 Å². The van der Waals surface area contributed by atoms with Crippen LogP contribution in [0.5, 0.6) is 0 Å². The van der Waals surface area contributed by atoms with Gasteiger partial charge in [0.25, 0.3) is 0 Å². The van der Waals surface area contributed by atoms with Gasteiger partial charge in [0.1, 0.15) is 6.20 Å². The normalized spacial score (nSPS) is 21.9. The van der Waals surface area contributed by atoms with Crippen LogP contribution in [0, 0.1) is 10.1 Å². The van der Waals surface area contributed by atoms with E-state index in [4.69, 9.17) is 5.73 Å². The minimum atomic E-state index is -0.576. The molecule has 0 radical (unpaired) electrons. The maximum Gasteiger partial charge on any atom is 0.329 e. The lowest BCUT2D eigenvalue weighted by Crippen LogP contribution is -2.48. The van der Waals surface area contributed by atoms with Crippen LogP contribution >= 0.6 is 11.8 Å². The first kappa shape index (κ1) is 14.8. The summed E-state index contributed by atoms with van der Waals surface area (Å²) in [6, 6.07) is 0. The zero-order valence-electron chi connectivity index (χ0n) is 12.2. The molecule has 0 bridgehead atoms. The zero-order chi connectivity index (χ0) is 15.7. The molecule has 0 saturated carbocycles. The summed E-state index contributed by atoms with van der Waals surface area (Å²) in [5.41, 5.74) is 5.36. The van der Waals surface area contributed by atoms with Gasteiger partial charge in [0, 0.05) is 31.4 Å². The molecule has 10 heteroatoms. The molecule has 1 fully saturated rings. The largest absolute Gasteiger partial charge is 0.378 e. The van der Waals surface area contributed by atoms with E-state index in [0.717, 1.165) is 37.9 Å². The number of hydrogen-bond acceptors (Lipinski definition) is 9. The minimum absolute atomic E-state index is 0.0954. The molecule has 1 aromatic heterocycles. The van der Waals surface area contributed by atoms with Gasteiger partial charge in [0.15, 0.2) is 5.17 Å². The van der Waals surface area contributed by atoms with Crippen LogP contribution in [-0.2, 0) is 0 Å². The van der Waals surface area contributed by atoms with Crippen LogP contribution in [0.3, 0.4) is 0 Å². The maximum absolute atomic E-state index is 10.7. The summed E-state index contributed by atoms with van der Waals surface area (Å²) in [6.07, 6.45) is 1.17. The number of thioether (sulfide) groups is 1. The van der Waals surface area contributed by atoms with E-state index in [2.05, 4.69) is 26.8 Å². The van der Waals surface area contributed by atoms with Crippen molar-refractivity contribution in [1.82, 2.24) is 14.9 Å². The molecule has 1 aromatic rings. The first-order valence-corrected chi connectivity index (χ1v) is 7.90. The topological polar surface area (TPSA) is 114 Å². The maximum atomic E-state index is 10.7. The standard InChI is InChI=1S/C12H17N7O2S/c1-8-6-15-12(22-8)18-4-2-17(3-5-18)11-14-7-9(19(20)21)10(13)16-11/h7-8H,2-6H2,1H3,(H2,13,14,16). The molecule has 1 atom stereocenters. The van der Waals surface area contributed by atoms with E-state index in [0.29, 0.717) is 11.2 Å². The molecule has 0 aromatic carbocycles. The molecule has 0 spiro atoms. The Morgan fingerprint density at radius 1 is 1.36 bits per heavy atom. The van der Waals surface area contributed by atoms with Crippen molar-refractivity contribution in [2.24, 2.45) is 4.99 Å². The summed E-state index contributed by atoms with van der Waals surface area (Å²) in [7, 11) is 0. The Morgan fingerprint density at radius 3 is 2.59 bits per heavy atom. The van der Waals surface area contributed by atoms with Gasteiger partial charge in [-0.15, -0.1) is 0 Å². The number of nitrogens with zero attached hydrogens (tertiary/aromatic N) is 6. The van der Waals surface area contributed by atoms with Crippen molar-refractivity contribution in [3.63, 3.8) is 0 Å². The second-order valence-electron chi connectivity index (χ2n) is 5.22. The number of piperazine rings is 1. The molecule has 118 valence electrons. The van der Waals surface area contributed by atoms with Gasteiger partial charge in [-0.05, 0) is 0 Å². The van der Waals surface area contributed by atoms with Crippen molar-refractivity contribution < 1.29 is 4.92 Å². The second-order valence-corrected chi connectivity index (χ2v) is 6.63. The average Bonchev–Trinajstić information content (AvgIpc) is 2.93. The highest BCUT2D eigenvalue weighted by atomic mass is 32.2. The number of amidine groups is 1. The molecular weight excluding hydrogens is 306 g/mol. The number of rotatable bonds is 2. The number of nitrogen functional groups attached to an aromatic ring is 1. The first-order chi connectivity index (χ1) is 10.5. The van der Waals surface area contributed by atoms with Crippen LogP contribution in [0.1, 0.15) is 6.92 Å². The van der Waals surface area contributed by atoms with Crippen molar-refractivity contribution in [1.29, 1.82) is 0 Å². The molecule has 2 aliphatic rings. The van der Waals surface area contributed by atoms with Gasteiger partial charge in [-0.3, -0.25) is 15.1 Å². The van der Waals surface area contributed by atoms with Crippen LogP contribution in [0.15, 0.2) is 11.2 Å². The Balaban J connectivity index is 1.64. The number of anilines is 2. The van der Waals surface area contributed by atoms with Gasteiger partial charge in [0.05, 0.1) is 11.5 Å². The van der Waals surface area contributed by atoms with Crippen LogP contribution in [-0.4, -0.2) is 62.9 Å². The van der Waals surface area contributed by atoms with Crippen LogP contribution in [0.4, 0.5) is 17.5 Å². The molecule has 3 rings (SSSR count). The number of nitro groups is 1. The summed E-state index contributed by atoms with van der Waals surface area (Å²) in [5, 5.41) is 12.4. The van der Waals surface area contributed by atoms with E-state index in [1.807, 2.05) is 16.7 Å². The number of hydrogen-bond donors (Lipinski definition) is 1.